The fourth-order valence-electron chi connectivity index (χ4n) is 4.29. The van der Waals surface area contributed by atoms with Gasteiger partial charge in [0.15, 0.2) is 0 Å². The van der Waals surface area contributed by atoms with Crippen LogP contribution in [-0.2, 0) is 22.6 Å². The Labute approximate surface area is 235 Å². The monoisotopic (exact) mass is 546 g/mol. The van der Waals surface area contributed by atoms with Crippen LogP contribution in [0.3, 0.4) is 0 Å². The van der Waals surface area contributed by atoms with Crippen molar-refractivity contribution in [3.63, 3.8) is 0 Å². The number of carbonyl (C=O) groups excluding carboxylic acids is 1. The number of carboxylic acid groups (broad SMARTS) is 1. The third-order valence-electron chi connectivity index (χ3n) is 6.48. The first-order valence-corrected chi connectivity index (χ1v) is 14.2. The molecule has 1 aromatic heterocycles. The van der Waals surface area contributed by atoms with Crippen LogP contribution in [0.5, 0.6) is 5.75 Å². The van der Waals surface area contributed by atoms with E-state index < -0.39 is 5.97 Å². The molecule has 0 aliphatic heterocycles. The van der Waals surface area contributed by atoms with Crippen molar-refractivity contribution in [1.29, 1.82) is 0 Å². The van der Waals surface area contributed by atoms with E-state index in [9.17, 15) is 9.59 Å². The second-order valence-electron chi connectivity index (χ2n) is 9.89. The molecule has 1 unspecified atom stereocenters. The van der Waals surface area contributed by atoms with Gasteiger partial charge in [-0.3, -0.25) is 0 Å². The average Bonchev–Trinajstić information content (AvgIpc) is 3.42. The van der Waals surface area contributed by atoms with E-state index in [2.05, 4.69) is 4.98 Å². The lowest BCUT2D eigenvalue weighted by Gasteiger charge is -2.14. The molecule has 39 heavy (non-hydrogen) atoms. The van der Waals surface area contributed by atoms with Crippen molar-refractivity contribution in [3.05, 3.63) is 99.0 Å². The lowest BCUT2D eigenvalue weighted by atomic mass is 9.91. The first-order valence-electron chi connectivity index (χ1n) is 13.4. The lowest BCUT2D eigenvalue weighted by molar-refractivity contribution is -0.132. The second kappa shape index (κ2) is 15.8. The summed E-state index contributed by atoms with van der Waals surface area (Å²) < 4.78 is 5.83. The van der Waals surface area contributed by atoms with Crippen LogP contribution in [0.4, 0.5) is 0 Å². The van der Waals surface area contributed by atoms with Crippen LogP contribution in [-0.4, -0.2) is 22.3 Å². The molecule has 0 bridgehead atoms. The predicted octanol–water partition coefficient (Wildman–Crippen LogP) is 7.16. The van der Waals surface area contributed by atoms with Crippen LogP contribution in [0, 0.1) is 5.92 Å². The van der Waals surface area contributed by atoms with Gasteiger partial charge in [-0.25, -0.2) is 9.78 Å². The summed E-state index contributed by atoms with van der Waals surface area (Å²) in [6.45, 7) is 3.96. The molecule has 7 heteroatoms. The number of rotatable bonds is 10. The summed E-state index contributed by atoms with van der Waals surface area (Å²) in [5, 5.41) is 11.8. The summed E-state index contributed by atoms with van der Waals surface area (Å²) >= 11 is 1.51. The second-order valence-corrected chi connectivity index (χ2v) is 10.8. The molecule has 3 aromatic rings. The fraction of sp³-hybridized carbons (Fsp3) is 0.344. The van der Waals surface area contributed by atoms with E-state index >= 15 is 0 Å². The molecule has 6 nitrogen and oxygen atoms in total. The molecule has 0 saturated heterocycles. The Morgan fingerprint density at radius 3 is 2.38 bits per heavy atom. The SMILES string of the molecule is C/C(=C/C(C)=C/c1csc(C(N)Cc2ccc(OCc3ccccc3)cc2)n1)C(=O)O.O=CC1CCCCC1. The van der Waals surface area contributed by atoms with Crippen LogP contribution in [0.2, 0.25) is 0 Å². The van der Waals surface area contributed by atoms with Gasteiger partial charge in [-0.1, -0.05) is 61.7 Å². The molecule has 1 aliphatic rings. The minimum atomic E-state index is -0.926. The number of aldehydes is 1. The third kappa shape index (κ3) is 10.6. The normalized spacial score (nSPS) is 15.2. The minimum absolute atomic E-state index is 0.208. The zero-order valence-corrected chi connectivity index (χ0v) is 23.5. The summed E-state index contributed by atoms with van der Waals surface area (Å²) in [5.74, 6) is 0.303. The van der Waals surface area contributed by atoms with Crippen LogP contribution < -0.4 is 10.5 Å². The quantitative estimate of drug-likeness (QED) is 0.159. The summed E-state index contributed by atoms with van der Waals surface area (Å²) in [5.41, 5.74) is 10.5. The van der Waals surface area contributed by atoms with Crippen molar-refractivity contribution in [2.75, 3.05) is 0 Å². The van der Waals surface area contributed by atoms with Crippen LogP contribution in [0.25, 0.3) is 6.08 Å². The van der Waals surface area contributed by atoms with Gasteiger partial charge in [0, 0.05) is 16.9 Å². The molecule has 206 valence electrons. The van der Waals surface area contributed by atoms with Crippen molar-refractivity contribution in [1.82, 2.24) is 4.98 Å². The number of carbonyl (C=O) groups is 2. The largest absolute Gasteiger partial charge is 0.489 e. The molecule has 0 radical (unpaired) electrons. The highest BCUT2D eigenvalue weighted by Gasteiger charge is 2.12. The van der Waals surface area contributed by atoms with Gasteiger partial charge in [0.25, 0.3) is 0 Å². The van der Waals surface area contributed by atoms with Gasteiger partial charge in [0.1, 0.15) is 23.7 Å². The smallest absolute Gasteiger partial charge is 0.331 e. The number of allylic oxidation sites excluding steroid dienone is 2. The Balaban J connectivity index is 0.000000449. The van der Waals surface area contributed by atoms with E-state index in [1.807, 2.05) is 73.0 Å². The molecular weight excluding hydrogens is 508 g/mol. The predicted molar refractivity (Wildman–Crippen MR) is 158 cm³/mol. The lowest BCUT2D eigenvalue weighted by Crippen LogP contribution is -2.13. The Hall–Kier alpha value is -3.55. The number of hydrogen-bond acceptors (Lipinski definition) is 6. The van der Waals surface area contributed by atoms with Gasteiger partial charge in [0.05, 0.1) is 11.7 Å². The number of nitrogens with two attached hydrogens (primary N) is 1. The Kier molecular flexibility index (Phi) is 12.1. The summed E-state index contributed by atoms with van der Waals surface area (Å²) in [4.78, 5) is 25.7. The molecule has 2 aromatic carbocycles. The fourth-order valence-corrected chi connectivity index (χ4v) is 5.07. The van der Waals surface area contributed by atoms with E-state index in [0.717, 1.165) is 52.3 Å². The van der Waals surface area contributed by atoms with Crippen molar-refractivity contribution in [2.45, 2.75) is 65.0 Å². The van der Waals surface area contributed by atoms with Crippen LogP contribution in [0.1, 0.15) is 73.8 Å². The van der Waals surface area contributed by atoms with Gasteiger partial charge >= 0.3 is 5.97 Å². The number of carboxylic acids is 1. The summed E-state index contributed by atoms with van der Waals surface area (Å²) in [6, 6.07) is 17.8. The number of aliphatic carboxylic acids is 1. The third-order valence-corrected chi connectivity index (χ3v) is 7.48. The summed E-state index contributed by atoms with van der Waals surface area (Å²) in [7, 11) is 0. The maximum absolute atomic E-state index is 10.9. The molecule has 1 heterocycles. The van der Waals surface area contributed by atoms with Gasteiger partial charge in [-0.2, -0.15) is 0 Å². The maximum Gasteiger partial charge on any atom is 0.331 e. The number of hydrogen-bond donors (Lipinski definition) is 2. The number of benzene rings is 2. The van der Waals surface area contributed by atoms with Gasteiger partial charge in [-0.15, -0.1) is 11.3 Å². The number of ether oxygens (including phenoxy) is 1. The average molecular weight is 547 g/mol. The molecule has 3 N–H and O–H groups in total. The number of thiazole rings is 1. The van der Waals surface area contributed by atoms with Gasteiger partial charge in [-0.05, 0) is 74.1 Å². The van der Waals surface area contributed by atoms with Crippen LogP contribution >= 0.6 is 11.3 Å². The number of nitrogens with zero attached hydrogens (tertiary/aromatic N) is 1. The summed E-state index contributed by atoms with van der Waals surface area (Å²) in [6.07, 6.45) is 11.4. The zero-order chi connectivity index (χ0) is 28.0. The highest BCUT2D eigenvalue weighted by molar-refractivity contribution is 7.09. The molecule has 4 rings (SSSR count). The molecule has 0 amide bonds. The highest BCUT2D eigenvalue weighted by atomic mass is 32.1. The standard InChI is InChI=1S/C25H26N2O3S.C7H12O/c1-17(12-18(2)25(28)29)13-21-16-31-24(27-21)23(26)14-19-8-10-22(11-9-19)30-15-20-6-4-3-5-7-20;8-6-7-4-2-1-3-5-7/h3-13,16,23H,14-15,26H2,1-2H3,(H,28,29);6-7H,1-5H2/b17-13+,18-12-;. The molecular formula is C32H38N2O4S. The maximum atomic E-state index is 10.9. The van der Waals surface area contributed by atoms with Crippen molar-refractivity contribution < 1.29 is 19.4 Å². The highest BCUT2D eigenvalue weighted by Crippen LogP contribution is 2.23. The van der Waals surface area contributed by atoms with Crippen molar-refractivity contribution >= 4 is 29.7 Å². The minimum Gasteiger partial charge on any atom is -0.489 e. The van der Waals surface area contributed by atoms with E-state index in [4.69, 9.17) is 15.6 Å². The van der Waals surface area contributed by atoms with E-state index in [1.165, 1.54) is 30.6 Å². The van der Waals surface area contributed by atoms with Crippen molar-refractivity contribution in [2.24, 2.45) is 11.7 Å². The molecule has 1 aliphatic carbocycles. The topological polar surface area (TPSA) is 103 Å². The molecule has 0 spiro atoms. The van der Waals surface area contributed by atoms with Crippen LogP contribution in [0.15, 0.2) is 77.2 Å². The van der Waals surface area contributed by atoms with E-state index in [-0.39, 0.29) is 11.6 Å². The molecule has 1 fully saturated rings. The Bertz CT molecular complexity index is 1240. The van der Waals surface area contributed by atoms with Crippen molar-refractivity contribution in [3.8, 4) is 5.75 Å². The van der Waals surface area contributed by atoms with E-state index in [0.29, 0.717) is 18.9 Å². The Morgan fingerprint density at radius 1 is 1.08 bits per heavy atom. The van der Waals surface area contributed by atoms with Gasteiger partial charge in [0.2, 0.25) is 0 Å². The van der Waals surface area contributed by atoms with Gasteiger partial charge < -0.3 is 20.4 Å². The molecule has 1 atom stereocenters. The first kappa shape index (κ1) is 30.0. The zero-order valence-electron chi connectivity index (χ0n) is 22.7. The number of aromatic nitrogens is 1. The van der Waals surface area contributed by atoms with E-state index in [1.54, 1.807) is 13.0 Å². The first-order chi connectivity index (χ1) is 18.8. The molecule has 1 saturated carbocycles. The Morgan fingerprint density at radius 2 is 1.77 bits per heavy atom.